The van der Waals surface area contributed by atoms with Crippen LogP contribution in [0.2, 0.25) is 0 Å². The molecule has 2 heterocycles. The molecule has 3 rings (SSSR count). The summed E-state index contributed by atoms with van der Waals surface area (Å²) in [5, 5.41) is 3.59. The predicted octanol–water partition coefficient (Wildman–Crippen LogP) is 2.63. The Labute approximate surface area is 101 Å². The monoisotopic (exact) mass is 235 g/mol. The Morgan fingerprint density at radius 3 is 2.71 bits per heavy atom. The standard InChI is InChI=1S/C14H18FNO/c15-11-3-1-2-10(6-11)9-17-14-7-12-4-5-13(8-14)16-12/h1-3,6,12-14,16H,4-5,7-9H2/t12-,13+,14?. The maximum atomic E-state index is 13.0. The average molecular weight is 235 g/mol. The quantitative estimate of drug-likeness (QED) is 0.869. The summed E-state index contributed by atoms with van der Waals surface area (Å²) in [6, 6.07) is 7.96. The normalized spacial score (nSPS) is 31.7. The van der Waals surface area contributed by atoms with Gasteiger partial charge in [0.05, 0.1) is 12.7 Å². The lowest BCUT2D eigenvalue weighted by Gasteiger charge is -2.29. The first-order valence-electron chi connectivity index (χ1n) is 6.42. The molecule has 0 spiro atoms. The largest absolute Gasteiger partial charge is 0.373 e. The second-order valence-electron chi connectivity index (χ2n) is 5.17. The van der Waals surface area contributed by atoms with E-state index in [1.807, 2.05) is 6.07 Å². The van der Waals surface area contributed by atoms with Crippen molar-refractivity contribution in [3.8, 4) is 0 Å². The van der Waals surface area contributed by atoms with E-state index in [2.05, 4.69) is 5.32 Å². The van der Waals surface area contributed by atoms with Gasteiger partial charge >= 0.3 is 0 Å². The molecule has 1 aromatic carbocycles. The molecule has 0 aromatic heterocycles. The van der Waals surface area contributed by atoms with Gasteiger partial charge in [-0.05, 0) is 43.4 Å². The van der Waals surface area contributed by atoms with Crippen molar-refractivity contribution in [3.05, 3.63) is 35.6 Å². The zero-order valence-electron chi connectivity index (χ0n) is 9.86. The van der Waals surface area contributed by atoms with Gasteiger partial charge in [-0.25, -0.2) is 4.39 Å². The number of ether oxygens (including phenoxy) is 1. The molecule has 2 fully saturated rings. The summed E-state index contributed by atoms with van der Waals surface area (Å²) in [6.07, 6.45) is 5.11. The molecule has 1 unspecified atom stereocenters. The first-order valence-corrected chi connectivity index (χ1v) is 6.42. The summed E-state index contributed by atoms with van der Waals surface area (Å²) < 4.78 is 18.9. The Bertz CT molecular complexity index is 384. The van der Waals surface area contributed by atoms with Crippen LogP contribution in [0.4, 0.5) is 4.39 Å². The number of piperidine rings is 1. The lowest BCUT2D eigenvalue weighted by atomic mass is 10.0. The summed E-state index contributed by atoms with van der Waals surface area (Å²) in [4.78, 5) is 0. The number of benzene rings is 1. The predicted molar refractivity (Wildman–Crippen MR) is 64.2 cm³/mol. The number of nitrogens with one attached hydrogen (secondary N) is 1. The van der Waals surface area contributed by atoms with E-state index >= 15 is 0 Å². The fraction of sp³-hybridized carbons (Fsp3) is 0.571. The van der Waals surface area contributed by atoms with Gasteiger partial charge in [-0.1, -0.05) is 12.1 Å². The molecule has 0 amide bonds. The Balaban J connectivity index is 1.54. The number of hydrogen-bond acceptors (Lipinski definition) is 2. The average Bonchev–Trinajstić information content (AvgIpc) is 2.66. The van der Waals surface area contributed by atoms with E-state index in [1.54, 1.807) is 12.1 Å². The second-order valence-corrected chi connectivity index (χ2v) is 5.17. The van der Waals surface area contributed by atoms with E-state index in [1.165, 1.54) is 18.9 Å². The summed E-state index contributed by atoms with van der Waals surface area (Å²) in [5.41, 5.74) is 0.927. The second kappa shape index (κ2) is 4.75. The summed E-state index contributed by atoms with van der Waals surface area (Å²) >= 11 is 0. The van der Waals surface area contributed by atoms with Crippen molar-refractivity contribution < 1.29 is 9.13 Å². The molecule has 2 bridgehead atoms. The Morgan fingerprint density at radius 1 is 1.24 bits per heavy atom. The van der Waals surface area contributed by atoms with Crippen LogP contribution < -0.4 is 5.32 Å². The van der Waals surface area contributed by atoms with Gasteiger partial charge in [-0.15, -0.1) is 0 Å². The molecule has 3 heteroatoms. The van der Waals surface area contributed by atoms with Gasteiger partial charge < -0.3 is 10.1 Å². The molecule has 3 atom stereocenters. The van der Waals surface area contributed by atoms with E-state index in [9.17, 15) is 4.39 Å². The van der Waals surface area contributed by atoms with E-state index in [-0.39, 0.29) is 5.82 Å². The van der Waals surface area contributed by atoms with Crippen molar-refractivity contribution in [3.63, 3.8) is 0 Å². The van der Waals surface area contributed by atoms with Crippen LogP contribution in [0, 0.1) is 5.82 Å². The van der Waals surface area contributed by atoms with Crippen molar-refractivity contribution in [2.75, 3.05) is 0 Å². The van der Waals surface area contributed by atoms with Crippen LogP contribution in [0.25, 0.3) is 0 Å². The van der Waals surface area contributed by atoms with Crippen LogP contribution in [-0.2, 0) is 11.3 Å². The molecule has 2 aliphatic rings. The van der Waals surface area contributed by atoms with Crippen molar-refractivity contribution in [2.24, 2.45) is 0 Å². The molecule has 92 valence electrons. The minimum Gasteiger partial charge on any atom is -0.373 e. The van der Waals surface area contributed by atoms with E-state index in [4.69, 9.17) is 4.74 Å². The third kappa shape index (κ3) is 2.67. The first-order chi connectivity index (χ1) is 8.29. The fourth-order valence-corrected chi connectivity index (χ4v) is 2.98. The van der Waals surface area contributed by atoms with Gasteiger partial charge in [0.15, 0.2) is 0 Å². The third-order valence-corrected chi connectivity index (χ3v) is 3.80. The van der Waals surface area contributed by atoms with E-state index < -0.39 is 0 Å². The summed E-state index contributed by atoms with van der Waals surface area (Å²) in [6.45, 7) is 0.530. The molecule has 0 aliphatic carbocycles. The molecule has 17 heavy (non-hydrogen) atoms. The highest BCUT2D eigenvalue weighted by Gasteiger charge is 2.33. The van der Waals surface area contributed by atoms with Crippen LogP contribution in [-0.4, -0.2) is 18.2 Å². The third-order valence-electron chi connectivity index (χ3n) is 3.80. The highest BCUT2D eigenvalue weighted by molar-refractivity contribution is 5.15. The smallest absolute Gasteiger partial charge is 0.123 e. The van der Waals surface area contributed by atoms with Gasteiger partial charge in [0.2, 0.25) is 0 Å². The van der Waals surface area contributed by atoms with Crippen LogP contribution in [0.1, 0.15) is 31.2 Å². The molecular weight excluding hydrogens is 217 g/mol. The molecule has 2 nitrogen and oxygen atoms in total. The number of rotatable bonds is 3. The molecule has 0 saturated carbocycles. The molecule has 1 aromatic rings. The van der Waals surface area contributed by atoms with Gasteiger partial charge in [-0.2, -0.15) is 0 Å². The highest BCUT2D eigenvalue weighted by Crippen LogP contribution is 2.28. The van der Waals surface area contributed by atoms with Crippen molar-refractivity contribution >= 4 is 0 Å². The van der Waals surface area contributed by atoms with Gasteiger partial charge in [0, 0.05) is 12.1 Å². The summed E-state index contributed by atoms with van der Waals surface area (Å²) in [5.74, 6) is -0.184. The molecule has 0 radical (unpaired) electrons. The van der Waals surface area contributed by atoms with E-state index in [0.29, 0.717) is 24.8 Å². The maximum absolute atomic E-state index is 13.0. The fourth-order valence-electron chi connectivity index (χ4n) is 2.98. The van der Waals surface area contributed by atoms with Crippen molar-refractivity contribution in [1.29, 1.82) is 0 Å². The zero-order chi connectivity index (χ0) is 11.7. The first kappa shape index (κ1) is 11.2. The number of halogens is 1. The van der Waals surface area contributed by atoms with Crippen molar-refractivity contribution in [2.45, 2.75) is 50.5 Å². The zero-order valence-corrected chi connectivity index (χ0v) is 9.86. The van der Waals surface area contributed by atoms with Crippen LogP contribution in [0.15, 0.2) is 24.3 Å². The Hall–Kier alpha value is -0.930. The van der Waals surface area contributed by atoms with Crippen LogP contribution >= 0.6 is 0 Å². The molecule has 2 aliphatic heterocycles. The Morgan fingerprint density at radius 2 is 2.00 bits per heavy atom. The van der Waals surface area contributed by atoms with Gasteiger partial charge in [0.1, 0.15) is 5.82 Å². The molecule has 2 saturated heterocycles. The number of hydrogen-bond donors (Lipinski definition) is 1. The Kier molecular flexibility index (Phi) is 3.12. The van der Waals surface area contributed by atoms with Gasteiger partial charge in [-0.3, -0.25) is 0 Å². The summed E-state index contributed by atoms with van der Waals surface area (Å²) in [7, 11) is 0. The van der Waals surface area contributed by atoms with Crippen LogP contribution in [0.5, 0.6) is 0 Å². The van der Waals surface area contributed by atoms with Crippen molar-refractivity contribution in [1.82, 2.24) is 5.32 Å². The molecule has 1 N–H and O–H groups in total. The van der Waals surface area contributed by atoms with E-state index in [0.717, 1.165) is 18.4 Å². The van der Waals surface area contributed by atoms with Gasteiger partial charge in [0.25, 0.3) is 0 Å². The SMILES string of the molecule is Fc1cccc(COC2C[C@H]3CC[C@@H](C2)N3)c1. The topological polar surface area (TPSA) is 21.3 Å². The minimum atomic E-state index is -0.184. The number of fused-ring (bicyclic) bond motifs is 2. The minimum absolute atomic E-state index is 0.184. The lowest BCUT2D eigenvalue weighted by molar-refractivity contribution is 0.00907. The lowest BCUT2D eigenvalue weighted by Crippen LogP contribution is -2.41. The maximum Gasteiger partial charge on any atom is 0.123 e. The molecular formula is C14H18FNO. The highest BCUT2D eigenvalue weighted by atomic mass is 19.1. The van der Waals surface area contributed by atoms with Crippen LogP contribution in [0.3, 0.4) is 0 Å².